The zero-order chi connectivity index (χ0) is 17.2. The van der Waals surface area contributed by atoms with Crippen molar-refractivity contribution in [2.24, 2.45) is 5.41 Å². The fraction of sp³-hybridized carbons (Fsp3) is 0.778. The Bertz CT molecular complexity index is 388. The van der Waals surface area contributed by atoms with Crippen molar-refractivity contribution in [3.05, 3.63) is 11.1 Å². The number of carbonyl (C=O) groups excluding carboxylic acids is 2. The first kappa shape index (κ1) is 20.7. The van der Waals surface area contributed by atoms with Gasteiger partial charge < -0.3 is 9.47 Å². The van der Waals surface area contributed by atoms with Gasteiger partial charge in [-0.1, -0.05) is 47.5 Å². The van der Waals surface area contributed by atoms with Gasteiger partial charge in [-0.25, -0.2) is 9.59 Å². The molecule has 0 N–H and O–H groups in total. The van der Waals surface area contributed by atoms with Crippen LogP contribution >= 0.6 is 0 Å². The highest BCUT2D eigenvalue weighted by Gasteiger charge is 2.25. The third-order valence-corrected chi connectivity index (χ3v) is 3.17. The number of unbranched alkanes of at least 4 members (excludes halogenated alkanes) is 2. The lowest BCUT2D eigenvalue weighted by Crippen LogP contribution is -2.20. The van der Waals surface area contributed by atoms with Gasteiger partial charge in [0, 0.05) is 11.1 Å². The minimum Gasteiger partial charge on any atom is -0.462 e. The molecule has 0 aromatic carbocycles. The summed E-state index contributed by atoms with van der Waals surface area (Å²) in [5.74, 6) is -0.812. The van der Waals surface area contributed by atoms with E-state index in [4.69, 9.17) is 9.47 Å². The Morgan fingerprint density at radius 2 is 1.32 bits per heavy atom. The quantitative estimate of drug-likeness (QED) is 0.359. The van der Waals surface area contributed by atoms with Crippen molar-refractivity contribution in [1.82, 2.24) is 0 Å². The summed E-state index contributed by atoms with van der Waals surface area (Å²) in [6.45, 7) is 12.6. The molecular formula is C18H32O4. The van der Waals surface area contributed by atoms with Crippen LogP contribution in [0.3, 0.4) is 0 Å². The van der Waals surface area contributed by atoms with Gasteiger partial charge in [-0.2, -0.15) is 0 Å². The number of rotatable bonds is 9. The van der Waals surface area contributed by atoms with E-state index in [9.17, 15) is 9.59 Å². The Balaban J connectivity index is 5.05. The number of hydrogen-bond acceptors (Lipinski definition) is 4. The minimum absolute atomic E-state index is 0.107. The molecule has 0 atom stereocenters. The van der Waals surface area contributed by atoms with Gasteiger partial charge in [0.2, 0.25) is 0 Å². The molecule has 4 nitrogen and oxygen atoms in total. The van der Waals surface area contributed by atoms with Gasteiger partial charge in [-0.05, 0) is 31.6 Å². The largest absolute Gasteiger partial charge is 0.462 e. The molecule has 4 heteroatoms. The van der Waals surface area contributed by atoms with E-state index in [1.807, 2.05) is 34.6 Å². The van der Waals surface area contributed by atoms with Crippen LogP contribution in [-0.4, -0.2) is 25.2 Å². The number of hydrogen-bond donors (Lipinski definition) is 0. The first-order valence-corrected chi connectivity index (χ1v) is 8.27. The summed E-state index contributed by atoms with van der Waals surface area (Å²) in [5, 5.41) is 0. The van der Waals surface area contributed by atoms with Crippen LogP contribution in [0.5, 0.6) is 0 Å². The Labute approximate surface area is 135 Å². The maximum absolute atomic E-state index is 12.3. The molecule has 0 aromatic rings. The molecule has 0 saturated carbocycles. The Hall–Kier alpha value is -1.32. The summed E-state index contributed by atoms with van der Waals surface area (Å²) >= 11 is 0. The van der Waals surface area contributed by atoms with Gasteiger partial charge in [0.05, 0.1) is 13.2 Å². The van der Waals surface area contributed by atoms with Crippen LogP contribution in [0.25, 0.3) is 0 Å². The summed E-state index contributed by atoms with van der Waals surface area (Å²) in [6.07, 6.45) is 4.07. The Kier molecular flexibility index (Phi) is 9.79. The fourth-order valence-electron chi connectivity index (χ4n) is 1.83. The average molecular weight is 312 g/mol. The summed E-state index contributed by atoms with van der Waals surface area (Å²) in [6, 6.07) is 0. The van der Waals surface area contributed by atoms with Gasteiger partial charge in [0.15, 0.2) is 0 Å². The smallest absolute Gasteiger partial charge is 0.334 e. The molecule has 0 aliphatic rings. The zero-order valence-electron chi connectivity index (χ0n) is 15.1. The van der Waals surface area contributed by atoms with Crippen molar-refractivity contribution in [2.75, 3.05) is 13.2 Å². The van der Waals surface area contributed by atoms with Crippen molar-refractivity contribution in [2.45, 2.75) is 73.6 Å². The monoisotopic (exact) mass is 312 g/mol. The van der Waals surface area contributed by atoms with Crippen LogP contribution in [0.4, 0.5) is 0 Å². The van der Waals surface area contributed by atoms with E-state index in [2.05, 4.69) is 0 Å². The van der Waals surface area contributed by atoms with Crippen molar-refractivity contribution in [3.63, 3.8) is 0 Å². The molecule has 0 radical (unpaired) electrons. The van der Waals surface area contributed by atoms with Gasteiger partial charge in [0.25, 0.3) is 0 Å². The molecule has 0 bridgehead atoms. The third kappa shape index (κ3) is 8.85. The molecule has 22 heavy (non-hydrogen) atoms. The number of esters is 2. The highest BCUT2D eigenvalue weighted by Crippen LogP contribution is 2.27. The molecule has 0 aromatic heterocycles. The van der Waals surface area contributed by atoms with Crippen molar-refractivity contribution >= 4 is 11.9 Å². The SMILES string of the molecule is CCCCOC(=O)C(C)=C(CC(C)(C)C)C(=O)OCCCC. The highest BCUT2D eigenvalue weighted by molar-refractivity contribution is 6.00. The predicted molar refractivity (Wildman–Crippen MR) is 88.5 cm³/mol. The third-order valence-electron chi connectivity index (χ3n) is 3.17. The van der Waals surface area contributed by atoms with Crippen molar-refractivity contribution < 1.29 is 19.1 Å². The second-order valence-corrected chi connectivity index (χ2v) is 6.82. The van der Waals surface area contributed by atoms with Gasteiger partial charge in [-0.3, -0.25) is 0 Å². The van der Waals surface area contributed by atoms with Gasteiger partial charge >= 0.3 is 11.9 Å². The lowest BCUT2D eigenvalue weighted by atomic mass is 9.86. The Morgan fingerprint density at radius 1 is 0.864 bits per heavy atom. The van der Waals surface area contributed by atoms with Crippen LogP contribution in [0, 0.1) is 5.41 Å². The van der Waals surface area contributed by atoms with Crippen LogP contribution in [0.15, 0.2) is 11.1 Å². The summed E-state index contributed by atoms with van der Waals surface area (Å²) < 4.78 is 10.5. The van der Waals surface area contributed by atoms with Crippen molar-refractivity contribution in [1.29, 1.82) is 0 Å². The van der Waals surface area contributed by atoms with Crippen LogP contribution < -0.4 is 0 Å². The lowest BCUT2D eigenvalue weighted by Gasteiger charge is -2.21. The van der Waals surface area contributed by atoms with E-state index in [1.54, 1.807) is 6.92 Å². The molecular weight excluding hydrogens is 280 g/mol. The highest BCUT2D eigenvalue weighted by atomic mass is 16.5. The molecule has 0 unspecified atom stereocenters. The van der Waals surface area contributed by atoms with Crippen LogP contribution in [-0.2, 0) is 19.1 Å². The second kappa shape index (κ2) is 10.4. The normalized spacial score (nSPS) is 12.6. The predicted octanol–water partition coefficient (Wildman–Crippen LogP) is 4.43. The summed E-state index contributed by atoms with van der Waals surface area (Å²) in [7, 11) is 0. The molecule has 0 saturated heterocycles. The first-order valence-electron chi connectivity index (χ1n) is 8.27. The van der Waals surface area contributed by atoms with E-state index in [1.165, 1.54) is 0 Å². The van der Waals surface area contributed by atoms with Crippen LogP contribution in [0.1, 0.15) is 73.6 Å². The number of carbonyl (C=O) groups is 2. The lowest BCUT2D eigenvalue weighted by molar-refractivity contribution is -0.142. The van der Waals surface area contributed by atoms with Gasteiger partial charge in [-0.15, -0.1) is 0 Å². The maximum atomic E-state index is 12.3. The molecule has 0 aliphatic heterocycles. The van der Waals surface area contributed by atoms with E-state index in [0.29, 0.717) is 30.8 Å². The number of ether oxygens (including phenoxy) is 2. The average Bonchev–Trinajstić information content (AvgIpc) is 2.43. The first-order chi connectivity index (χ1) is 10.2. The van der Waals surface area contributed by atoms with E-state index < -0.39 is 11.9 Å². The molecule has 0 heterocycles. The molecule has 0 fully saturated rings. The molecule has 0 amide bonds. The van der Waals surface area contributed by atoms with Gasteiger partial charge in [0.1, 0.15) is 0 Å². The fourth-order valence-corrected chi connectivity index (χ4v) is 1.83. The zero-order valence-corrected chi connectivity index (χ0v) is 15.1. The topological polar surface area (TPSA) is 52.6 Å². The van der Waals surface area contributed by atoms with Crippen LogP contribution in [0.2, 0.25) is 0 Å². The molecule has 0 aliphatic carbocycles. The van der Waals surface area contributed by atoms with Crippen molar-refractivity contribution in [3.8, 4) is 0 Å². The summed E-state index contributed by atoms with van der Waals surface area (Å²) in [4.78, 5) is 24.4. The Morgan fingerprint density at radius 3 is 1.73 bits per heavy atom. The minimum atomic E-state index is -0.417. The second-order valence-electron chi connectivity index (χ2n) is 6.82. The molecule has 0 rings (SSSR count). The molecule has 0 spiro atoms. The molecule has 128 valence electrons. The van der Waals surface area contributed by atoms with E-state index >= 15 is 0 Å². The maximum Gasteiger partial charge on any atom is 0.334 e. The van der Waals surface area contributed by atoms with E-state index in [0.717, 1.165) is 25.7 Å². The standard InChI is InChI=1S/C18H32O4/c1-7-9-11-21-16(19)14(3)15(13-18(4,5)6)17(20)22-12-10-8-2/h7-13H2,1-6H3. The summed E-state index contributed by atoms with van der Waals surface area (Å²) in [5.41, 5.74) is 0.696. The van der Waals surface area contributed by atoms with E-state index in [-0.39, 0.29) is 5.41 Å².